The molecule has 3 rings (SSSR count). The van der Waals surface area contributed by atoms with Crippen LogP contribution in [0.5, 0.6) is 0 Å². The molecule has 0 aromatic rings. The number of carbonyl (C=O) groups is 2. The Morgan fingerprint density at radius 3 is 2.67 bits per heavy atom. The van der Waals surface area contributed by atoms with E-state index < -0.39 is 0 Å². The Bertz CT molecular complexity index is 486. The third-order valence-electron chi connectivity index (χ3n) is 4.80. The number of carbonyl (C=O) groups excluding carboxylic acids is 2. The van der Waals surface area contributed by atoms with Crippen molar-refractivity contribution in [2.45, 2.75) is 33.3 Å². The number of allylic oxidation sites excluding steroid dienone is 3. The summed E-state index contributed by atoms with van der Waals surface area (Å²) in [4.78, 5) is 23.7. The second-order valence-electron chi connectivity index (χ2n) is 5.88. The van der Waals surface area contributed by atoms with Crippen molar-refractivity contribution in [1.82, 2.24) is 0 Å². The summed E-state index contributed by atoms with van der Waals surface area (Å²) in [6.07, 6.45) is 4.53. The highest BCUT2D eigenvalue weighted by Gasteiger charge is 2.47. The lowest BCUT2D eigenvalue weighted by Crippen LogP contribution is -2.22. The molecule has 3 heteroatoms. The third kappa shape index (κ3) is 1.49. The van der Waals surface area contributed by atoms with Crippen LogP contribution in [0, 0.1) is 23.7 Å². The first-order valence-corrected chi connectivity index (χ1v) is 6.60. The highest BCUT2D eigenvalue weighted by Crippen LogP contribution is 2.46. The number of ketones is 1. The van der Waals surface area contributed by atoms with Gasteiger partial charge in [-0.15, -0.1) is 0 Å². The zero-order chi connectivity index (χ0) is 13.0. The lowest BCUT2D eigenvalue weighted by Gasteiger charge is -2.22. The Balaban J connectivity index is 2.00. The normalized spacial score (nSPS) is 42.7. The van der Waals surface area contributed by atoms with E-state index in [1.165, 1.54) is 0 Å². The van der Waals surface area contributed by atoms with Crippen molar-refractivity contribution in [3.8, 4) is 0 Å². The minimum Gasteiger partial charge on any atom is -0.458 e. The molecule has 0 aromatic carbocycles. The monoisotopic (exact) mass is 246 g/mol. The van der Waals surface area contributed by atoms with Crippen LogP contribution >= 0.6 is 0 Å². The first kappa shape index (κ1) is 11.7. The molecule has 96 valence electrons. The summed E-state index contributed by atoms with van der Waals surface area (Å²) in [5, 5.41) is 0. The van der Waals surface area contributed by atoms with E-state index in [2.05, 4.69) is 0 Å². The van der Waals surface area contributed by atoms with Gasteiger partial charge in [0.25, 0.3) is 0 Å². The van der Waals surface area contributed by atoms with Crippen LogP contribution < -0.4 is 0 Å². The highest BCUT2D eigenvalue weighted by atomic mass is 16.6. The molecule has 1 heterocycles. The molecule has 1 fully saturated rings. The predicted molar refractivity (Wildman–Crippen MR) is 66.7 cm³/mol. The standard InChI is InChI=1S/C15H18O3/c1-7-4-12(16)14-8(2)5-13-11(6-10(7)14)9(3)15(17)18-13/h4-5,9-11,13-14H,6H2,1-3H3. The minimum absolute atomic E-state index is 0.0125. The summed E-state index contributed by atoms with van der Waals surface area (Å²) in [5.41, 5.74) is 2.22. The number of fused-ring (bicyclic) bond motifs is 2. The summed E-state index contributed by atoms with van der Waals surface area (Å²) in [6, 6.07) is 0. The van der Waals surface area contributed by atoms with Crippen LogP contribution in [-0.2, 0) is 14.3 Å². The van der Waals surface area contributed by atoms with Gasteiger partial charge < -0.3 is 4.74 Å². The summed E-state index contributed by atoms with van der Waals surface area (Å²) in [7, 11) is 0. The molecule has 2 aliphatic carbocycles. The summed E-state index contributed by atoms with van der Waals surface area (Å²) < 4.78 is 5.42. The van der Waals surface area contributed by atoms with Gasteiger partial charge in [0, 0.05) is 11.8 Å². The number of esters is 1. The maximum atomic E-state index is 12.0. The topological polar surface area (TPSA) is 43.4 Å². The first-order valence-electron chi connectivity index (χ1n) is 6.60. The fourth-order valence-corrected chi connectivity index (χ4v) is 3.69. The van der Waals surface area contributed by atoms with Gasteiger partial charge in [-0.2, -0.15) is 0 Å². The third-order valence-corrected chi connectivity index (χ3v) is 4.80. The minimum atomic E-state index is -0.126. The van der Waals surface area contributed by atoms with Gasteiger partial charge in [0.15, 0.2) is 5.78 Å². The fraction of sp³-hybridized carbons (Fsp3) is 0.600. The lowest BCUT2D eigenvalue weighted by molar-refractivity contribution is -0.142. The van der Waals surface area contributed by atoms with Gasteiger partial charge in [0.2, 0.25) is 0 Å². The van der Waals surface area contributed by atoms with E-state index in [1.54, 1.807) is 6.08 Å². The number of hydrogen-bond donors (Lipinski definition) is 0. The van der Waals surface area contributed by atoms with Crippen molar-refractivity contribution in [3.63, 3.8) is 0 Å². The number of ether oxygens (including phenoxy) is 1. The largest absolute Gasteiger partial charge is 0.458 e. The van der Waals surface area contributed by atoms with E-state index in [-0.39, 0.29) is 41.5 Å². The van der Waals surface area contributed by atoms with E-state index in [4.69, 9.17) is 4.74 Å². The summed E-state index contributed by atoms with van der Waals surface area (Å²) in [5.74, 6) is 0.531. The first-order chi connectivity index (χ1) is 8.49. The Morgan fingerprint density at radius 2 is 1.94 bits per heavy atom. The number of rotatable bonds is 0. The smallest absolute Gasteiger partial charge is 0.309 e. The van der Waals surface area contributed by atoms with Crippen LogP contribution in [0.2, 0.25) is 0 Å². The average Bonchev–Trinajstić information content (AvgIpc) is 2.65. The van der Waals surface area contributed by atoms with Crippen LogP contribution in [-0.4, -0.2) is 17.9 Å². The Labute approximate surface area is 107 Å². The average molecular weight is 246 g/mol. The molecule has 18 heavy (non-hydrogen) atoms. The second kappa shape index (κ2) is 3.81. The van der Waals surface area contributed by atoms with Crippen molar-refractivity contribution < 1.29 is 14.3 Å². The molecule has 0 saturated carbocycles. The molecule has 0 N–H and O–H groups in total. The molecular weight excluding hydrogens is 228 g/mol. The van der Waals surface area contributed by atoms with Crippen LogP contribution in [0.3, 0.4) is 0 Å². The van der Waals surface area contributed by atoms with Crippen LogP contribution in [0.25, 0.3) is 0 Å². The zero-order valence-electron chi connectivity index (χ0n) is 11.0. The molecule has 0 bridgehead atoms. The van der Waals surface area contributed by atoms with Crippen LogP contribution in [0.15, 0.2) is 23.3 Å². The fourth-order valence-electron chi connectivity index (χ4n) is 3.69. The second-order valence-corrected chi connectivity index (χ2v) is 5.88. The molecule has 0 aromatic heterocycles. The van der Waals surface area contributed by atoms with E-state index in [1.807, 2.05) is 26.8 Å². The molecule has 5 unspecified atom stereocenters. The van der Waals surface area contributed by atoms with E-state index in [0.717, 1.165) is 17.6 Å². The molecular formula is C15H18O3. The van der Waals surface area contributed by atoms with Crippen molar-refractivity contribution in [2.75, 3.05) is 0 Å². The molecule has 1 saturated heterocycles. The van der Waals surface area contributed by atoms with Gasteiger partial charge >= 0.3 is 5.97 Å². The van der Waals surface area contributed by atoms with Gasteiger partial charge in [-0.05, 0) is 38.3 Å². The quantitative estimate of drug-likeness (QED) is 0.486. The van der Waals surface area contributed by atoms with Gasteiger partial charge in [-0.1, -0.05) is 18.1 Å². The van der Waals surface area contributed by atoms with Crippen LogP contribution in [0.1, 0.15) is 27.2 Å². The highest BCUT2D eigenvalue weighted by molar-refractivity contribution is 5.97. The Hall–Kier alpha value is -1.38. The van der Waals surface area contributed by atoms with Gasteiger partial charge in [0.05, 0.1) is 5.92 Å². The van der Waals surface area contributed by atoms with E-state index in [9.17, 15) is 9.59 Å². The maximum Gasteiger partial charge on any atom is 0.309 e. The number of hydrogen-bond acceptors (Lipinski definition) is 3. The maximum absolute atomic E-state index is 12.0. The van der Waals surface area contributed by atoms with Crippen molar-refractivity contribution in [3.05, 3.63) is 23.3 Å². The molecule has 0 spiro atoms. The van der Waals surface area contributed by atoms with Crippen molar-refractivity contribution in [2.24, 2.45) is 23.7 Å². The summed E-state index contributed by atoms with van der Waals surface area (Å²) in [6.45, 7) is 5.95. The van der Waals surface area contributed by atoms with Gasteiger partial charge in [-0.3, -0.25) is 9.59 Å². The summed E-state index contributed by atoms with van der Waals surface area (Å²) >= 11 is 0. The Kier molecular flexibility index (Phi) is 2.47. The zero-order valence-corrected chi connectivity index (χ0v) is 11.0. The SMILES string of the molecule is CC1=CC(=O)C2C(C)=CC3OC(=O)C(C)C3CC12. The molecule has 0 amide bonds. The molecule has 0 radical (unpaired) electrons. The molecule has 3 aliphatic rings. The van der Waals surface area contributed by atoms with E-state index in [0.29, 0.717) is 0 Å². The molecule has 1 aliphatic heterocycles. The van der Waals surface area contributed by atoms with Gasteiger partial charge in [-0.25, -0.2) is 0 Å². The van der Waals surface area contributed by atoms with Crippen molar-refractivity contribution in [1.29, 1.82) is 0 Å². The van der Waals surface area contributed by atoms with Crippen molar-refractivity contribution >= 4 is 11.8 Å². The van der Waals surface area contributed by atoms with Gasteiger partial charge in [0.1, 0.15) is 6.10 Å². The molecule has 5 atom stereocenters. The van der Waals surface area contributed by atoms with Crippen LogP contribution in [0.4, 0.5) is 0 Å². The van der Waals surface area contributed by atoms with E-state index >= 15 is 0 Å². The lowest BCUT2D eigenvalue weighted by atomic mass is 9.79. The predicted octanol–water partition coefficient (Wildman–Crippen LogP) is 2.28. The Morgan fingerprint density at radius 1 is 1.22 bits per heavy atom. The molecule has 3 nitrogen and oxygen atoms in total.